The van der Waals surface area contributed by atoms with Crippen LogP contribution in [0.15, 0.2) is 0 Å². The van der Waals surface area contributed by atoms with Crippen LogP contribution in [0.3, 0.4) is 0 Å². The molecule has 0 N–H and O–H groups in total. The zero-order valence-electron chi connectivity index (χ0n) is 9.34. The molecule has 2 nitrogen and oxygen atoms in total. The minimum absolute atomic E-state index is 0.396. The highest BCUT2D eigenvalue weighted by Gasteiger charge is 2.24. The molecule has 14 heavy (non-hydrogen) atoms. The van der Waals surface area contributed by atoms with Crippen molar-refractivity contribution in [2.45, 2.75) is 45.3 Å². The Hall–Kier alpha value is 0.400. The van der Waals surface area contributed by atoms with Crippen LogP contribution in [0.1, 0.15) is 33.1 Å². The Morgan fingerprint density at radius 1 is 1.43 bits per heavy atom. The van der Waals surface area contributed by atoms with Gasteiger partial charge < -0.3 is 4.74 Å². The van der Waals surface area contributed by atoms with Crippen LogP contribution in [0.25, 0.3) is 0 Å². The molecular weight excluding hydrogens is 242 g/mol. The van der Waals surface area contributed by atoms with Gasteiger partial charge in [0, 0.05) is 17.9 Å². The average Bonchev–Trinajstić information content (AvgIpc) is 2.21. The molecule has 1 saturated heterocycles. The molecule has 0 radical (unpaired) electrons. The SMILES string of the molecule is CCCCCN1CC(CBr)OCC1C. The maximum absolute atomic E-state index is 5.69. The Labute approximate surface area is 96.1 Å². The normalized spacial score (nSPS) is 29.4. The summed E-state index contributed by atoms with van der Waals surface area (Å²) < 4.78 is 5.69. The van der Waals surface area contributed by atoms with Gasteiger partial charge in [-0.1, -0.05) is 35.7 Å². The lowest BCUT2D eigenvalue weighted by molar-refractivity contribution is -0.0469. The van der Waals surface area contributed by atoms with Gasteiger partial charge in [-0.2, -0.15) is 0 Å². The van der Waals surface area contributed by atoms with E-state index in [1.807, 2.05) is 0 Å². The fourth-order valence-electron chi connectivity index (χ4n) is 1.84. The second kappa shape index (κ2) is 6.81. The van der Waals surface area contributed by atoms with E-state index in [-0.39, 0.29) is 0 Å². The highest BCUT2D eigenvalue weighted by atomic mass is 79.9. The molecule has 0 bridgehead atoms. The minimum Gasteiger partial charge on any atom is -0.374 e. The summed E-state index contributed by atoms with van der Waals surface area (Å²) in [6, 6.07) is 0.599. The van der Waals surface area contributed by atoms with E-state index in [0.717, 1.165) is 18.5 Å². The first-order valence-corrected chi connectivity index (χ1v) is 6.81. The number of hydrogen-bond acceptors (Lipinski definition) is 2. The first kappa shape index (κ1) is 12.5. The van der Waals surface area contributed by atoms with Crippen LogP contribution < -0.4 is 0 Å². The predicted octanol–water partition coefficient (Wildman–Crippen LogP) is 2.66. The lowest BCUT2D eigenvalue weighted by Crippen LogP contribution is -2.49. The topological polar surface area (TPSA) is 12.5 Å². The maximum Gasteiger partial charge on any atom is 0.0799 e. The van der Waals surface area contributed by atoms with E-state index < -0.39 is 0 Å². The fourth-order valence-corrected chi connectivity index (χ4v) is 2.24. The second-order valence-electron chi connectivity index (χ2n) is 4.16. The first-order valence-electron chi connectivity index (χ1n) is 5.69. The Morgan fingerprint density at radius 3 is 2.86 bits per heavy atom. The van der Waals surface area contributed by atoms with Crippen LogP contribution in [0, 0.1) is 0 Å². The standard InChI is InChI=1S/C11H22BrNO/c1-3-4-5-6-13-8-11(7-12)14-9-10(13)2/h10-11H,3-9H2,1-2H3. The van der Waals surface area contributed by atoms with Crippen molar-refractivity contribution in [3.05, 3.63) is 0 Å². The van der Waals surface area contributed by atoms with Crippen LogP contribution >= 0.6 is 15.9 Å². The zero-order chi connectivity index (χ0) is 10.4. The van der Waals surface area contributed by atoms with Crippen LogP contribution in [0.4, 0.5) is 0 Å². The number of morpholine rings is 1. The monoisotopic (exact) mass is 263 g/mol. The Bertz CT molecular complexity index is 154. The Morgan fingerprint density at radius 2 is 2.21 bits per heavy atom. The molecule has 3 heteroatoms. The number of halogens is 1. The van der Waals surface area contributed by atoms with Gasteiger partial charge in [-0.3, -0.25) is 4.90 Å². The van der Waals surface area contributed by atoms with E-state index >= 15 is 0 Å². The van der Waals surface area contributed by atoms with Crippen molar-refractivity contribution in [3.8, 4) is 0 Å². The molecule has 1 rings (SSSR count). The van der Waals surface area contributed by atoms with Crippen LogP contribution in [0.2, 0.25) is 0 Å². The number of hydrogen-bond donors (Lipinski definition) is 0. The van der Waals surface area contributed by atoms with Gasteiger partial charge in [0.05, 0.1) is 12.7 Å². The molecule has 0 aromatic heterocycles. The van der Waals surface area contributed by atoms with E-state index in [2.05, 4.69) is 34.7 Å². The van der Waals surface area contributed by atoms with Crippen molar-refractivity contribution >= 4 is 15.9 Å². The molecule has 2 unspecified atom stereocenters. The third-order valence-corrected chi connectivity index (χ3v) is 3.58. The molecule has 0 saturated carbocycles. The first-order chi connectivity index (χ1) is 6.77. The Kier molecular flexibility index (Phi) is 6.06. The van der Waals surface area contributed by atoms with E-state index in [4.69, 9.17) is 4.74 Å². The number of ether oxygens (including phenoxy) is 1. The number of alkyl halides is 1. The van der Waals surface area contributed by atoms with E-state index in [1.165, 1.54) is 25.8 Å². The molecule has 1 aliphatic heterocycles. The predicted molar refractivity (Wildman–Crippen MR) is 64.1 cm³/mol. The summed E-state index contributed by atoms with van der Waals surface area (Å²) in [6.07, 6.45) is 4.38. The lowest BCUT2D eigenvalue weighted by Gasteiger charge is -2.37. The smallest absolute Gasteiger partial charge is 0.0799 e. The summed E-state index contributed by atoms with van der Waals surface area (Å²) in [6.45, 7) is 7.74. The molecule has 84 valence electrons. The molecule has 0 spiro atoms. The molecule has 1 aliphatic rings. The van der Waals surface area contributed by atoms with Crippen molar-refractivity contribution < 1.29 is 4.74 Å². The number of rotatable bonds is 5. The summed E-state index contributed by atoms with van der Waals surface area (Å²) in [5.74, 6) is 0. The largest absolute Gasteiger partial charge is 0.374 e. The van der Waals surface area contributed by atoms with Gasteiger partial charge in [0.25, 0.3) is 0 Å². The van der Waals surface area contributed by atoms with Gasteiger partial charge in [-0.15, -0.1) is 0 Å². The van der Waals surface area contributed by atoms with Gasteiger partial charge in [0.2, 0.25) is 0 Å². The molecule has 0 amide bonds. The number of unbranched alkanes of at least 4 members (excludes halogenated alkanes) is 2. The summed E-state index contributed by atoms with van der Waals surface area (Å²) in [7, 11) is 0. The molecule has 0 aromatic rings. The van der Waals surface area contributed by atoms with Gasteiger partial charge in [0.1, 0.15) is 0 Å². The third kappa shape index (κ3) is 3.87. The highest BCUT2D eigenvalue weighted by Crippen LogP contribution is 2.14. The zero-order valence-corrected chi connectivity index (χ0v) is 10.9. The summed E-state index contributed by atoms with van der Waals surface area (Å²) in [4.78, 5) is 2.56. The minimum atomic E-state index is 0.396. The van der Waals surface area contributed by atoms with E-state index in [1.54, 1.807) is 0 Å². The van der Waals surface area contributed by atoms with Crippen molar-refractivity contribution in [2.75, 3.05) is 25.0 Å². The fraction of sp³-hybridized carbons (Fsp3) is 1.00. The highest BCUT2D eigenvalue weighted by molar-refractivity contribution is 9.09. The van der Waals surface area contributed by atoms with Crippen molar-refractivity contribution in [3.63, 3.8) is 0 Å². The van der Waals surface area contributed by atoms with Crippen molar-refractivity contribution in [1.29, 1.82) is 0 Å². The molecular formula is C11H22BrNO. The van der Waals surface area contributed by atoms with E-state index in [0.29, 0.717) is 12.1 Å². The number of nitrogens with zero attached hydrogens (tertiary/aromatic N) is 1. The summed E-state index contributed by atoms with van der Waals surface area (Å²) in [5, 5.41) is 0.962. The molecule has 0 aromatic carbocycles. The Balaban J connectivity index is 2.25. The quantitative estimate of drug-likeness (QED) is 0.559. The van der Waals surface area contributed by atoms with E-state index in [9.17, 15) is 0 Å². The van der Waals surface area contributed by atoms with Crippen molar-refractivity contribution in [2.24, 2.45) is 0 Å². The van der Waals surface area contributed by atoms with Crippen LogP contribution in [0.5, 0.6) is 0 Å². The summed E-state index contributed by atoms with van der Waals surface area (Å²) in [5.41, 5.74) is 0. The van der Waals surface area contributed by atoms with Crippen molar-refractivity contribution in [1.82, 2.24) is 4.90 Å². The molecule has 1 fully saturated rings. The van der Waals surface area contributed by atoms with Gasteiger partial charge in [0.15, 0.2) is 0 Å². The van der Waals surface area contributed by atoms with Gasteiger partial charge in [-0.05, 0) is 19.9 Å². The maximum atomic E-state index is 5.69. The van der Waals surface area contributed by atoms with Crippen LogP contribution in [-0.4, -0.2) is 42.1 Å². The molecule has 2 atom stereocenters. The van der Waals surface area contributed by atoms with Gasteiger partial charge >= 0.3 is 0 Å². The summed E-state index contributed by atoms with van der Waals surface area (Å²) >= 11 is 3.49. The lowest BCUT2D eigenvalue weighted by atomic mass is 10.1. The average molecular weight is 264 g/mol. The van der Waals surface area contributed by atoms with Gasteiger partial charge in [-0.25, -0.2) is 0 Å². The third-order valence-electron chi connectivity index (χ3n) is 2.86. The molecule has 0 aliphatic carbocycles. The molecule has 1 heterocycles. The second-order valence-corrected chi connectivity index (χ2v) is 4.81. The van der Waals surface area contributed by atoms with Crippen LogP contribution in [-0.2, 0) is 4.74 Å².